The molecule has 0 aliphatic carbocycles. The molecule has 1 aromatic rings. The van der Waals surface area contributed by atoms with Crippen molar-refractivity contribution in [2.75, 3.05) is 18.0 Å². The fraction of sp³-hybridized carbons (Fsp3) is 0.462. The molecule has 0 spiro atoms. The zero-order chi connectivity index (χ0) is 13.7. The highest BCUT2D eigenvalue weighted by molar-refractivity contribution is 6.39. The third-order valence-corrected chi connectivity index (χ3v) is 3.14. The van der Waals surface area contributed by atoms with Crippen molar-refractivity contribution in [2.24, 2.45) is 0 Å². The first-order valence-electron chi connectivity index (χ1n) is 5.98. The van der Waals surface area contributed by atoms with Crippen LogP contribution in [0.4, 0.5) is 5.69 Å². The first kappa shape index (κ1) is 15.1. The molecular formula is C13H17Cl2NO2. The largest absolute Gasteiger partial charge is 0.478 e. The molecule has 0 amide bonds. The van der Waals surface area contributed by atoms with Gasteiger partial charge in [0.25, 0.3) is 0 Å². The molecule has 100 valence electrons. The minimum atomic E-state index is -1.03. The molecule has 0 saturated heterocycles. The van der Waals surface area contributed by atoms with Crippen LogP contribution < -0.4 is 4.90 Å². The van der Waals surface area contributed by atoms with E-state index < -0.39 is 5.97 Å². The molecule has 0 aliphatic heterocycles. The van der Waals surface area contributed by atoms with Crippen molar-refractivity contribution in [1.82, 2.24) is 0 Å². The Morgan fingerprint density at radius 3 is 1.94 bits per heavy atom. The van der Waals surface area contributed by atoms with E-state index in [0.29, 0.717) is 10.0 Å². The van der Waals surface area contributed by atoms with Crippen LogP contribution in [0.1, 0.15) is 37.0 Å². The molecule has 0 aliphatic rings. The van der Waals surface area contributed by atoms with Crippen LogP contribution in [0, 0.1) is 0 Å². The third kappa shape index (κ3) is 3.53. The van der Waals surface area contributed by atoms with E-state index in [1.54, 1.807) is 0 Å². The van der Waals surface area contributed by atoms with Gasteiger partial charge in [-0.15, -0.1) is 0 Å². The van der Waals surface area contributed by atoms with E-state index in [1.807, 2.05) is 0 Å². The number of carboxylic acids is 1. The van der Waals surface area contributed by atoms with Crippen LogP contribution in [0.2, 0.25) is 10.0 Å². The quantitative estimate of drug-likeness (QED) is 0.848. The summed E-state index contributed by atoms with van der Waals surface area (Å²) in [5, 5.41) is 9.72. The number of hydrogen-bond donors (Lipinski definition) is 1. The molecule has 0 saturated carbocycles. The molecule has 1 aromatic carbocycles. The summed E-state index contributed by atoms with van der Waals surface area (Å²) in [6, 6.07) is 2.90. The first-order valence-corrected chi connectivity index (χ1v) is 6.74. The normalized spacial score (nSPS) is 10.4. The number of carboxylic acid groups (broad SMARTS) is 1. The Hall–Kier alpha value is -0.930. The summed E-state index contributed by atoms with van der Waals surface area (Å²) in [7, 11) is 0. The van der Waals surface area contributed by atoms with E-state index in [4.69, 9.17) is 28.3 Å². The number of carbonyl (C=O) groups is 1. The van der Waals surface area contributed by atoms with Crippen LogP contribution in [-0.4, -0.2) is 24.2 Å². The molecule has 1 rings (SSSR count). The van der Waals surface area contributed by atoms with E-state index in [-0.39, 0.29) is 5.56 Å². The van der Waals surface area contributed by atoms with Gasteiger partial charge in [-0.2, -0.15) is 0 Å². The molecule has 18 heavy (non-hydrogen) atoms. The molecule has 0 aromatic heterocycles. The minimum absolute atomic E-state index is 0.113. The topological polar surface area (TPSA) is 40.5 Å². The maximum absolute atomic E-state index is 10.9. The van der Waals surface area contributed by atoms with E-state index in [9.17, 15) is 4.79 Å². The van der Waals surface area contributed by atoms with Crippen LogP contribution in [-0.2, 0) is 0 Å². The van der Waals surface area contributed by atoms with Crippen molar-refractivity contribution in [3.05, 3.63) is 27.7 Å². The SMILES string of the molecule is CCCN(CCC)c1c(Cl)cc(C(=O)O)cc1Cl. The lowest BCUT2D eigenvalue weighted by Gasteiger charge is -2.26. The number of nitrogens with zero attached hydrogens (tertiary/aromatic N) is 1. The maximum atomic E-state index is 10.9. The highest BCUT2D eigenvalue weighted by Gasteiger charge is 2.16. The number of rotatable bonds is 6. The highest BCUT2D eigenvalue weighted by atomic mass is 35.5. The van der Waals surface area contributed by atoms with Gasteiger partial charge in [-0.1, -0.05) is 37.0 Å². The molecule has 0 bridgehead atoms. The molecule has 0 heterocycles. The van der Waals surface area contributed by atoms with Gasteiger partial charge in [-0.25, -0.2) is 4.79 Å². The predicted molar refractivity (Wildman–Crippen MR) is 76.2 cm³/mol. The molecule has 0 radical (unpaired) electrons. The number of benzene rings is 1. The van der Waals surface area contributed by atoms with Crippen molar-refractivity contribution in [3.63, 3.8) is 0 Å². The standard InChI is InChI=1S/C13H17Cl2NO2/c1-3-5-16(6-4-2)12-10(14)7-9(13(17)18)8-11(12)15/h7-8H,3-6H2,1-2H3,(H,17,18). The van der Waals surface area contributed by atoms with E-state index >= 15 is 0 Å². The molecule has 0 fully saturated rings. The Kier molecular flexibility index (Phi) is 5.76. The van der Waals surface area contributed by atoms with Gasteiger partial charge >= 0.3 is 5.97 Å². The second-order valence-corrected chi connectivity index (χ2v) is 4.90. The molecule has 1 N–H and O–H groups in total. The first-order chi connectivity index (χ1) is 8.51. The van der Waals surface area contributed by atoms with Gasteiger partial charge in [0.2, 0.25) is 0 Å². The second kappa shape index (κ2) is 6.86. The fourth-order valence-electron chi connectivity index (χ4n) is 1.87. The van der Waals surface area contributed by atoms with Crippen molar-refractivity contribution in [3.8, 4) is 0 Å². The Labute approximate surface area is 117 Å². The van der Waals surface area contributed by atoms with Crippen molar-refractivity contribution >= 4 is 34.9 Å². The zero-order valence-electron chi connectivity index (χ0n) is 10.5. The smallest absolute Gasteiger partial charge is 0.335 e. The Morgan fingerprint density at radius 2 is 1.61 bits per heavy atom. The maximum Gasteiger partial charge on any atom is 0.335 e. The summed E-state index contributed by atoms with van der Waals surface area (Å²) < 4.78 is 0. The van der Waals surface area contributed by atoms with Gasteiger partial charge in [-0.05, 0) is 25.0 Å². The summed E-state index contributed by atoms with van der Waals surface area (Å²) in [6.07, 6.45) is 1.96. The van der Waals surface area contributed by atoms with Gasteiger partial charge in [0.1, 0.15) is 0 Å². The average Bonchev–Trinajstić information content (AvgIpc) is 2.28. The zero-order valence-corrected chi connectivity index (χ0v) is 12.1. The third-order valence-electron chi connectivity index (χ3n) is 2.57. The van der Waals surface area contributed by atoms with Crippen molar-refractivity contribution < 1.29 is 9.90 Å². The number of anilines is 1. The monoisotopic (exact) mass is 289 g/mol. The predicted octanol–water partition coefficient (Wildman–Crippen LogP) is 4.32. The molecule has 0 unspecified atom stereocenters. The van der Waals surface area contributed by atoms with Gasteiger partial charge in [-0.3, -0.25) is 0 Å². The molecular weight excluding hydrogens is 273 g/mol. The summed E-state index contributed by atoms with van der Waals surface area (Å²) in [4.78, 5) is 13.0. The van der Waals surface area contributed by atoms with Gasteiger partial charge in [0.15, 0.2) is 0 Å². The van der Waals surface area contributed by atoms with Crippen LogP contribution in [0.25, 0.3) is 0 Å². The minimum Gasteiger partial charge on any atom is -0.478 e. The summed E-state index contributed by atoms with van der Waals surface area (Å²) in [5.41, 5.74) is 0.841. The second-order valence-electron chi connectivity index (χ2n) is 4.08. The molecule has 0 atom stereocenters. The average molecular weight is 290 g/mol. The van der Waals surface area contributed by atoms with E-state index in [0.717, 1.165) is 31.6 Å². The van der Waals surface area contributed by atoms with Crippen LogP contribution in [0.3, 0.4) is 0 Å². The summed E-state index contributed by atoms with van der Waals surface area (Å²) >= 11 is 12.3. The lowest BCUT2D eigenvalue weighted by Crippen LogP contribution is -2.25. The van der Waals surface area contributed by atoms with Gasteiger partial charge in [0, 0.05) is 13.1 Å². The fourth-order valence-corrected chi connectivity index (χ4v) is 2.59. The number of halogens is 2. The summed E-state index contributed by atoms with van der Waals surface area (Å²) in [5.74, 6) is -1.03. The van der Waals surface area contributed by atoms with E-state index in [1.165, 1.54) is 12.1 Å². The van der Waals surface area contributed by atoms with Crippen molar-refractivity contribution in [1.29, 1.82) is 0 Å². The van der Waals surface area contributed by atoms with Gasteiger partial charge in [0.05, 0.1) is 21.3 Å². The molecule has 5 heteroatoms. The van der Waals surface area contributed by atoms with E-state index in [2.05, 4.69) is 18.7 Å². The Balaban J connectivity index is 3.18. The lowest BCUT2D eigenvalue weighted by molar-refractivity contribution is 0.0697. The highest BCUT2D eigenvalue weighted by Crippen LogP contribution is 2.35. The number of aromatic carboxylic acids is 1. The van der Waals surface area contributed by atoms with Crippen LogP contribution in [0.15, 0.2) is 12.1 Å². The Morgan fingerprint density at radius 1 is 1.17 bits per heavy atom. The van der Waals surface area contributed by atoms with Crippen LogP contribution in [0.5, 0.6) is 0 Å². The van der Waals surface area contributed by atoms with Gasteiger partial charge < -0.3 is 10.0 Å². The molecule has 3 nitrogen and oxygen atoms in total. The van der Waals surface area contributed by atoms with Crippen LogP contribution >= 0.6 is 23.2 Å². The number of hydrogen-bond acceptors (Lipinski definition) is 2. The summed E-state index contributed by atoms with van der Waals surface area (Å²) in [6.45, 7) is 5.85. The lowest BCUT2D eigenvalue weighted by atomic mass is 10.2. The van der Waals surface area contributed by atoms with Crippen molar-refractivity contribution in [2.45, 2.75) is 26.7 Å². The Bertz CT molecular complexity index is 406.